The average molecular weight is 372 g/mol. The van der Waals surface area contributed by atoms with Gasteiger partial charge in [-0.2, -0.15) is 0 Å². The fourth-order valence-electron chi connectivity index (χ4n) is 1.17. The first-order valence-corrected chi connectivity index (χ1v) is 7.12. The van der Waals surface area contributed by atoms with E-state index in [1.807, 2.05) is 0 Å². The van der Waals surface area contributed by atoms with Crippen molar-refractivity contribution in [2.24, 2.45) is 0 Å². The van der Waals surface area contributed by atoms with Gasteiger partial charge in [0, 0.05) is 0 Å². The van der Waals surface area contributed by atoms with Crippen molar-refractivity contribution in [3.63, 3.8) is 0 Å². The van der Waals surface area contributed by atoms with Crippen LogP contribution < -0.4 is 0 Å². The molecule has 0 aliphatic heterocycles. The normalized spacial score (nSPS) is 8.19. The van der Waals surface area contributed by atoms with Crippen molar-refractivity contribution in [3.8, 4) is 11.5 Å². The van der Waals surface area contributed by atoms with Crippen molar-refractivity contribution in [3.05, 3.63) is 59.7 Å². The SMILES string of the molecule is O=Cc1ccccc1O.O=Cc1ccccc1O.[O]=[Mo]=[O]. The van der Waals surface area contributed by atoms with Crippen LogP contribution in [0, 0.1) is 0 Å². The van der Waals surface area contributed by atoms with E-state index in [0.29, 0.717) is 23.7 Å². The predicted molar refractivity (Wildman–Crippen MR) is 68.4 cm³/mol. The molecule has 0 aliphatic carbocycles. The molecule has 2 N–H and O–H groups in total. The number of carbonyl (C=O) groups excluding carboxylic acids is 2. The van der Waals surface area contributed by atoms with E-state index < -0.39 is 18.5 Å². The van der Waals surface area contributed by atoms with E-state index in [2.05, 4.69) is 0 Å². The molecule has 0 fully saturated rings. The molecule has 110 valence electrons. The van der Waals surface area contributed by atoms with E-state index >= 15 is 0 Å². The summed E-state index contributed by atoms with van der Waals surface area (Å²) < 4.78 is 17.0. The molecule has 0 radical (unpaired) electrons. The Balaban J connectivity index is 0.000000322. The first kappa shape index (κ1) is 18.7. The van der Waals surface area contributed by atoms with Gasteiger partial charge in [0.15, 0.2) is 12.6 Å². The van der Waals surface area contributed by atoms with E-state index in [-0.39, 0.29) is 11.5 Å². The second-order valence-corrected chi connectivity index (χ2v) is 3.76. The molecule has 0 atom stereocenters. The molecule has 0 saturated heterocycles. The molecule has 0 aliphatic rings. The Morgan fingerprint density at radius 1 is 0.714 bits per heavy atom. The third kappa shape index (κ3) is 7.74. The number of carbonyl (C=O) groups is 2. The van der Waals surface area contributed by atoms with Gasteiger partial charge < -0.3 is 10.2 Å². The summed E-state index contributed by atoms with van der Waals surface area (Å²) in [5.41, 5.74) is 0.662. The third-order valence-corrected chi connectivity index (χ3v) is 2.13. The van der Waals surface area contributed by atoms with E-state index in [1.165, 1.54) is 12.1 Å². The zero-order chi connectivity index (χ0) is 16.1. The number of phenols is 2. The van der Waals surface area contributed by atoms with Gasteiger partial charge in [-0.1, -0.05) is 24.3 Å². The van der Waals surface area contributed by atoms with Crippen LogP contribution in [0.1, 0.15) is 20.7 Å². The molecule has 2 rings (SSSR count). The summed E-state index contributed by atoms with van der Waals surface area (Å²) in [6.45, 7) is 0. The zero-order valence-electron chi connectivity index (χ0n) is 10.7. The fraction of sp³-hybridized carbons (Fsp3) is 0. The first-order chi connectivity index (χ1) is 10.1. The molecule has 21 heavy (non-hydrogen) atoms. The van der Waals surface area contributed by atoms with E-state index in [0.717, 1.165) is 0 Å². The number of para-hydroxylation sites is 2. The molecule has 0 saturated carbocycles. The van der Waals surface area contributed by atoms with Crippen LogP contribution in [-0.2, 0) is 25.3 Å². The van der Waals surface area contributed by atoms with Crippen LogP contribution in [0.5, 0.6) is 11.5 Å². The molecule has 7 heteroatoms. The van der Waals surface area contributed by atoms with E-state index in [4.69, 9.17) is 17.0 Å². The zero-order valence-corrected chi connectivity index (χ0v) is 12.7. The summed E-state index contributed by atoms with van der Waals surface area (Å²) in [5.74, 6) is 0.0694. The predicted octanol–water partition coefficient (Wildman–Crippen LogP) is 2.17. The summed E-state index contributed by atoms with van der Waals surface area (Å²) in [4.78, 5) is 20.1. The van der Waals surface area contributed by atoms with Crippen LogP contribution >= 0.6 is 0 Å². The molecule has 6 nitrogen and oxygen atoms in total. The second-order valence-electron chi connectivity index (χ2n) is 3.42. The van der Waals surface area contributed by atoms with Crippen LogP contribution in [0.3, 0.4) is 0 Å². The van der Waals surface area contributed by atoms with E-state index in [9.17, 15) is 9.59 Å². The van der Waals surface area contributed by atoms with Crippen molar-refractivity contribution in [2.75, 3.05) is 0 Å². The third-order valence-electron chi connectivity index (χ3n) is 2.13. The van der Waals surface area contributed by atoms with Gasteiger partial charge in [-0.25, -0.2) is 0 Å². The number of benzene rings is 2. The van der Waals surface area contributed by atoms with Crippen LogP contribution in [0.2, 0.25) is 0 Å². The maximum atomic E-state index is 10.1. The van der Waals surface area contributed by atoms with Gasteiger partial charge in [0.1, 0.15) is 11.5 Å². The van der Waals surface area contributed by atoms with Crippen LogP contribution in [0.4, 0.5) is 0 Å². The molecule has 0 unspecified atom stereocenters. The second kappa shape index (κ2) is 11.5. The van der Waals surface area contributed by atoms with Gasteiger partial charge in [-0.3, -0.25) is 9.59 Å². The van der Waals surface area contributed by atoms with Crippen molar-refractivity contribution in [2.45, 2.75) is 0 Å². The van der Waals surface area contributed by atoms with Crippen LogP contribution in [-0.4, -0.2) is 22.8 Å². The summed E-state index contributed by atoms with van der Waals surface area (Å²) in [5, 5.41) is 17.8. The standard InChI is InChI=1S/2C7H6O2.Mo.2O/c2*8-5-6-3-1-2-4-7(6)9;;;/h2*1-5,9H;;;. The molecule has 0 spiro atoms. The molecule has 0 aromatic heterocycles. The molecule has 2 aromatic carbocycles. The van der Waals surface area contributed by atoms with Gasteiger partial charge in [-0.05, 0) is 24.3 Å². The van der Waals surface area contributed by atoms with Crippen molar-refractivity contribution in [1.29, 1.82) is 0 Å². The topological polar surface area (TPSA) is 109 Å². The summed E-state index contributed by atoms with van der Waals surface area (Å²) in [6.07, 6.45) is 1.24. The summed E-state index contributed by atoms with van der Waals surface area (Å²) in [6, 6.07) is 12.8. The van der Waals surface area contributed by atoms with Gasteiger partial charge in [-0.15, -0.1) is 0 Å². The Bertz CT molecular complexity index is 571. The van der Waals surface area contributed by atoms with Crippen molar-refractivity contribution >= 4 is 12.6 Å². The van der Waals surface area contributed by atoms with Gasteiger partial charge >= 0.3 is 25.3 Å². The molecular formula is C14H12MoO6. The van der Waals surface area contributed by atoms with Crippen LogP contribution in [0.25, 0.3) is 0 Å². The number of aromatic hydroxyl groups is 2. The quantitative estimate of drug-likeness (QED) is 0.618. The molecular weight excluding hydrogens is 360 g/mol. The summed E-state index contributed by atoms with van der Waals surface area (Å²) >= 11 is -2.03. The van der Waals surface area contributed by atoms with E-state index in [1.54, 1.807) is 36.4 Å². The minimum atomic E-state index is -2.03. The Hall–Kier alpha value is -2.33. The van der Waals surface area contributed by atoms with Gasteiger partial charge in [0.25, 0.3) is 0 Å². The molecule has 0 bridgehead atoms. The molecule has 2 aromatic rings. The number of hydrogen-bond acceptors (Lipinski definition) is 6. The fourth-order valence-corrected chi connectivity index (χ4v) is 1.17. The van der Waals surface area contributed by atoms with Crippen LogP contribution in [0.15, 0.2) is 48.5 Å². The number of phenolic OH excluding ortho intramolecular Hbond substituents is 2. The van der Waals surface area contributed by atoms with Gasteiger partial charge in [0.2, 0.25) is 0 Å². The van der Waals surface area contributed by atoms with Gasteiger partial charge in [0.05, 0.1) is 11.1 Å². The number of aldehydes is 2. The number of rotatable bonds is 2. The molecule has 0 heterocycles. The minimum absolute atomic E-state index is 0.0347. The Morgan fingerprint density at radius 2 is 1.00 bits per heavy atom. The Kier molecular flexibility index (Phi) is 10.2. The monoisotopic (exact) mass is 374 g/mol. The Morgan fingerprint density at radius 3 is 1.19 bits per heavy atom. The van der Waals surface area contributed by atoms with Crippen molar-refractivity contribution in [1.82, 2.24) is 0 Å². The van der Waals surface area contributed by atoms with Crippen molar-refractivity contribution < 1.29 is 45.1 Å². The maximum absolute atomic E-state index is 10.1. The first-order valence-electron chi connectivity index (χ1n) is 5.48. The Labute approximate surface area is 129 Å². The average Bonchev–Trinajstić information content (AvgIpc) is 2.50. The number of hydrogen-bond donors (Lipinski definition) is 2. The summed E-state index contributed by atoms with van der Waals surface area (Å²) in [7, 11) is 0. The molecule has 0 amide bonds.